The third-order valence-corrected chi connectivity index (χ3v) is 6.42. The first-order valence-electron chi connectivity index (χ1n) is 7.54. The van der Waals surface area contributed by atoms with E-state index in [9.17, 15) is 16.8 Å². The van der Waals surface area contributed by atoms with Crippen molar-refractivity contribution in [1.82, 2.24) is 14.5 Å². The maximum Gasteiger partial charge on any atom is 0.242 e. The Balaban J connectivity index is 2.45. The number of sulfonamides is 2. The van der Waals surface area contributed by atoms with Crippen LogP contribution in [0.1, 0.15) is 0 Å². The van der Waals surface area contributed by atoms with Crippen LogP contribution in [-0.2, 0) is 20.0 Å². The molecule has 3 aromatic rings. The number of aromatic nitrogens is 2. The lowest BCUT2D eigenvalue weighted by atomic mass is 10.1. The fourth-order valence-corrected chi connectivity index (χ4v) is 4.46. The molecule has 0 radical (unpaired) electrons. The van der Waals surface area contributed by atoms with Crippen LogP contribution in [0.5, 0.6) is 0 Å². The second-order valence-electron chi connectivity index (χ2n) is 5.53. The van der Waals surface area contributed by atoms with E-state index in [-0.39, 0.29) is 15.5 Å². The number of rotatable bonds is 5. The van der Waals surface area contributed by atoms with Crippen LogP contribution in [0.15, 0.2) is 64.6 Å². The van der Waals surface area contributed by atoms with Gasteiger partial charge in [-0.2, -0.15) is 5.10 Å². The van der Waals surface area contributed by atoms with Crippen LogP contribution in [0.2, 0.25) is 5.02 Å². The lowest BCUT2D eigenvalue weighted by molar-refractivity contribution is 0.586. The minimum absolute atomic E-state index is 0.158. The molecule has 0 saturated heterocycles. The maximum atomic E-state index is 12.6. The summed E-state index contributed by atoms with van der Waals surface area (Å²) in [6.07, 6.45) is 2.83. The molecule has 0 saturated carbocycles. The van der Waals surface area contributed by atoms with Gasteiger partial charge in [0.15, 0.2) is 0 Å². The summed E-state index contributed by atoms with van der Waals surface area (Å²) in [7, 11) is -7.07. The summed E-state index contributed by atoms with van der Waals surface area (Å²) in [6, 6.07) is 10.7. The minimum atomic E-state index is -4.27. The molecule has 0 fully saturated rings. The molecule has 0 atom stereocenters. The summed E-state index contributed by atoms with van der Waals surface area (Å²) >= 11 is 5.89. The second kappa shape index (κ2) is 7.06. The number of hydrogen-bond acceptors (Lipinski definition) is 5. The first kappa shape index (κ1) is 19.5. The van der Waals surface area contributed by atoms with Crippen molar-refractivity contribution in [3.8, 4) is 16.8 Å². The lowest BCUT2D eigenvalue weighted by Gasteiger charge is -2.16. The predicted octanol–water partition coefficient (Wildman–Crippen LogP) is 1.75. The standard InChI is InChI=1S/C16H15ClN4O4S2/c1-19-27(24,25)15-10-12(11-3-5-13(17)6-4-11)9-14(26(18,22)23)16(15)21-8-2-7-20-21/h2-10,19H,1H3,(H2,18,22,23). The first-order chi connectivity index (χ1) is 12.6. The Morgan fingerprint density at radius 2 is 1.67 bits per heavy atom. The van der Waals surface area contributed by atoms with Gasteiger partial charge in [0.05, 0.1) is 0 Å². The molecular formula is C16H15ClN4O4S2. The zero-order valence-corrected chi connectivity index (χ0v) is 16.4. The Kier molecular flexibility index (Phi) is 5.10. The average molecular weight is 427 g/mol. The quantitative estimate of drug-likeness (QED) is 0.643. The third kappa shape index (κ3) is 3.89. The van der Waals surface area contributed by atoms with Crippen molar-refractivity contribution in [2.75, 3.05) is 7.05 Å². The van der Waals surface area contributed by atoms with E-state index >= 15 is 0 Å². The number of benzene rings is 2. The van der Waals surface area contributed by atoms with Crippen LogP contribution in [0.3, 0.4) is 0 Å². The van der Waals surface area contributed by atoms with Crippen LogP contribution < -0.4 is 9.86 Å². The van der Waals surface area contributed by atoms with Crippen molar-refractivity contribution >= 4 is 31.6 Å². The third-order valence-electron chi connectivity index (χ3n) is 3.82. The highest BCUT2D eigenvalue weighted by Crippen LogP contribution is 2.33. The second-order valence-corrected chi connectivity index (χ2v) is 9.35. The number of primary sulfonamides is 1. The van der Waals surface area contributed by atoms with Gasteiger partial charge in [0.1, 0.15) is 15.5 Å². The molecule has 0 aliphatic carbocycles. The topological polar surface area (TPSA) is 124 Å². The largest absolute Gasteiger partial charge is 0.242 e. The Labute approximate surface area is 161 Å². The highest BCUT2D eigenvalue weighted by molar-refractivity contribution is 7.90. The van der Waals surface area contributed by atoms with E-state index in [1.165, 1.54) is 37.6 Å². The molecule has 1 aromatic heterocycles. The van der Waals surface area contributed by atoms with Crippen LogP contribution in [0.4, 0.5) is 0 Å². The van der Waals surface area contributed by atoms with Crippen LogP contribution in [0, 0.1) is 0 Å². The van der Waals surface area contributed by atoms with Crippen molar-refractivity contribution in [3.05, 3.63) is 59.9 Å². The Morgan fingerprint density at radius 1 is 1.04 bits per heavy atom. The molecule has 27 heavy (non-hydrogen) atoms. The van der Waals surface area contributed by atoms with E-state index in [2.05, 4.69) is 9.82 Å². The monoisotopic (exact) mass is 426 g/mol. The van der Waals surface area contributed by atoms with Gasteiger partial charge in [-0.1, -0.05) is 23.7 Å². The molecule has 0 bridgehead atoms. The molecule has 8 nitrogen and oxygen atoms in total. The zero-order valence-electron chi connectivity index (χ0n) is 14.0. The number of nitrogens with two attached hydrogens (primary N) is 1. The van der Waals surface area contributed by atoms with Gasteiger partial charge >= 0.3 is 0 Å². The van der Waals surface area contributed by atoms with Crippen molar-refractivity contribution in [3.63, 3.8) is 0 Å². The Hall–Kier alpha value is -2.24. The van der Waals surface area contributed by atoms with Crippen molar-refractivity contribution in [1.29, 1.82) is 0 Å². The Morgan fingerprint density at radius 3 is 2.19 bits per heavy atom. The number of halogens is 1. The summed E-state index contributed by atoms with van der Waals surface area (Å²) in [6.45, 7) is 0. The summed E-state index contributed by atoms with van der Waals surface area (Å²) in [5.74, 6) is 0. The van der Waals surface area contributed by atoms with Gasteiger partial charge in [0.25, 0.3) is 0 Å². The van der Waals surface area contributed by atoms with E-state index in [1.54, 1.807) is 24.3 Å². The van der Waals surface area contributed by atoms with Crippen LogP contribution in [0.25, 0.3) is 16.8 Å². The molecule has 0 aliphatic heterocycles. The molecule has 0 amide bonds. The fraction of sp³-hybridized carbons (Fsp3) is 0.0625. The first-order valence-corrected chi connectivity index (χ1v) is 10.9. The van der Waals surface area contributed by atoms with Crippen molar-refractivity contribution in [2.24, 2.45) is 5.14 Å². The van der Waals surface area contributed by atoms with Crippen molar-refractivity contribution < 1.29 is 16.8 Å². The highest BCUT2D eigenvalue weighted by Gasteiger charge is 2.27. The van der Waals surface area contributed by atoms with Crippen LogP contribution in [-0.4, -0.2) is 33.7 Å². The molecule has 11 heteroatoms. The molecule has 0 aliphatic rings. The number of hydrogen-bond donors (Lipinski definition) is 2. The van der Waals surface area contributed by atoms with Crippen LogP contribution >= 0.6 is 11.6 Å². The normalized spacial score (nSPS) is 12.3. The predicted molar refractivity (Wildman–Crippen MR) is 102 cm³/mol. The smallest absolute Gasteiger partial charge is 0.238 e. The highest BCUT2D eigenvalue weighted by atomic mass is 35.5. The van der Waals surface area contributed by atoms with Gasteiger partial charge in [-0.3, -0.25) is 0 Å². The van der Waals surface area contributed by atoms with E-state index in [0.717, 1.165) is 4.68 Å². The molecule has 142 valence electrons. The molecule has 3 N–H and O–H groups in total. The van der Waals surface area contributed by atoms with E-state index < -0.39 is 20.0 Å². The van der Waals surface area contributed by atoms with Crippen molar-refractivity contribution in [2.45, 2.75) is 9.79 Å². The summed E-state index contributed by atoms with van der Waals surface area (Å²) in [5.41, 5.74) is 0.763. The summed E-state index contributed by atoms with van der Waals surface area (Å²) < 4.78 is 53.1. The fourth-order valence-electron chi connectivity index (χ4n) is 2.55. The molecule has 0 unspecified atom stereocenters. The van der Waals surface area contributed by atoms with Gasteiger partial charge in [-0.25, -0.2) is 31.4 Å². The number of nitrogens with one attached hydrogen (secondary N) is 1. The SMILES string of the molecule is CNS(=O)(=O)c1cc(-c2ccc(Cl)cc2)cc(S(N)(=O)=O)c1-n1cccn1. The minimum Gasteiger partial charge on any atom is -0.238 e. The number of nitrogens with zero attached hydrogens (tertiary/aromatic N) is 2. The maximum absolute atomic E-state index is 12.6. The van der Waals surface area contributed by atoms with E-state index in [4.69, 9.17) is 16.7 Å². The van der Waals surface area contributed by atoms with Gasteiger partial charge < -0.3 is 0 Å². The van der Waals surface area contributed by atoms with Gasteiger partial charge in [-0.05, 0) is 48.5 Å². The molecule has 3 rings (SSSR count). The summed E-state index contributed by atoms with van der Waals surface area (Å²) in [4.78, 5) is -0.641. The van der Waals surface area contributed by atoms with E-state index in [1.807, 2.05) is 0 Å². The Bertz CT molecular complexity index is 1190. The molecule has 1 heterocycles. The van der Waals surface area contributed by atoms with Gasteiger partial charge in [0, 0.05) is 17.4 Å². The lowest BCUT2D eigenvalue weighted by Crippen LogP contribution is -2.24. The zero-order chi connectivity index (χ0) is 19.8. The molecular weight excluding hydrogens is 412 g/mol. The van der Waals surface area contributed by atoms with E-state index in [0.29, 0.717) is 16.1 Å². The van der Waals surface area contributed by atoms with Gasteiger partial charge in [-0.15, -0.1) is 0 Å². The average Bonchev–Trinajstić information content (AvgIpc) is 3.15. The molecule has 2 aromatic carbocycles. The van der Waals surface area contributed by atoms with Gasteiger partial charge in [0.2, 0.25) is 20.0 Å². The molecule has 0 spiro atoms. The summed E-state index contributed by atoms with van der Waals surface area (Å²) in [5, 5.41) is 9.84.